The summed E-state index contributed by atoms with van der Waals surface area (Å²) in [4.78, 5) is 23.2. The van der Waals surface area contributed by atoms with Gasteiger partial charge in [-0.2, -0.15) is 0 Å². The van der Waals surface area contributed by atoms with Crippen molar-refractivity contribution in [3.05, 3.63) is 0 Å². The zero-order valence-electron chi connectivity index (χ0n) is 12.6. The molecule has 1 unspecified atom stereocenters. The standard InChI is InChI=1S/C15H29N3O2/c1-2-17-14(19)9-6-10-15(20)18-13(11-16)12-7-4-3-5-8-12/h12-13H,2-11,16H2,1H3,(H,17,19)(H,18,20). The third-order valence-corrected chi connectivity index (χ3v) is 4.00. The van der Waals surface area contributed by atoms with Gasteiger partial charge in [-0.05, 0) is 32.1 Å². The molecule has 0 aromatic carbocycles. The van der Waals surface area contributed by atoms with Crippen LogP contribution in [0, 0.1) is 5.92 Å². The molecule has 1 atom stereocenters. The Kier molecular flexibility index (Phi) is 8.26. The highest BCUT2D eigenvalue weighted by Gasteiger charge is 2.23. The lowest BCUT2D eigenvalue weighted by Gasteiger charge is -2.30. The molecular weight excluding hydrogens is 254 g/mol. The first-order chi connectivity index (χ1) is 9.67. The lowest BCUT2D eigenvalue weighted by molar-refractivity contribution is -0.123. The average Bonchev–Trinajstić information content (AvgIpc) is 2.46. The number of amides is 2. The molecule has 0 spiro atoms. The molecule has 1 aliphatic rings. The van der Waals surface area contributed by atoms with Gasteiger partial charge in [0.1, 0.15) is 0 Å². The highest BCUT2D eigenvalue weighted by Crippen LogP contribution is 2.26. The van der Waals surface area contributed by atoms with E-state index in [0.717, 1.165) is 0 Å². The Hall–Kier alpha value is -1.10. The van der Waals surface area contributed by atoms with Crippen molar-refractivity contribution in [1.29, 1.82) is 0 Å². The van der Waals surface area contributed by atoms with Gasteiger partial charge in [0.25, 0.3) is 0 Å². The highest BCUT2D eigenvalue weighted by atomic mass is 16.2. The minimum atomic E-state index is 0.0166. The highest BCUT2D eigenvalue weighted by molar-refractivity contribution is 5.79. The van der Waals surface area contributed by atoms with Crippen LogP contribution in [0.15, 0.2) is 0 Å². The number of rotatable bonds is 8. The number of nitrogens with one attached hydrogen (secondary N) is 2. The normalized spacial score (nSPS) is 17.5. The SMILES string of the molecule is CCNC(=O)CCCC(=O)NC(CN)C1CCCCC1. The molecule has 0 radical (unpaired) electrons. The van der Waals surface area contributed by atoms with E-state index in [0.29, 0.717) is 38.3 Å². The quantitative estimate of drug-likeness (QED) is 0.628. The number of carbonyl (C=O) groups is 2. The van der Waals surface area contributed by atoms with Gasteiger partial charge in [-0.15, -0.1) is 0 Å². The second-order valence-corrected chi connectivity index (χ2v) is 5.61. The lowest BCUT2D eigenvalue weighted by Crippen LogP contribution is -2.45. The minimum absolute atomic E-state index is 0.0166. The predicted octanol–water partition coefficient (Wildman–Crippen LogP) is 1.32. The van der Waals surface area contributed by atoms with E-state index in [1.807, 2.05) is 6.92 Å². The molecule has 1 saturated carbocycles. The van der Waals surface area contributed by atoms with E-state index in [1.54, 1.807) is 0 Å². The Morgan fingerprint density at radius 3 is 2.40 bits per heavy atom. The summed E-state index contributed by atoms with van der Waals surface area (Å²) in [6.07, 6.45) is 7.54. The average molecular weight is 283 g/mol. The topological polar surface area (TPSA) is 84.2 Å². The van der Waals surface area contributed by atoms with Crippen LogP contribution < -0.4 is 16.4 Å². The summed E-state index contributed by atoms with van der Waals surface area (Å²) in [5, 5.41) is 5.78. The molecule has 0 aromatic rings. The van der Waals surface area contributed by atoms with Crippen LogP contribution in [0.1, 0.15) is 58.3 Å². The van der Waals surface area contributed by atoms with Crippen LogP contribution in [-0.2, 0) is 9.59 Å². The van der Waals surface area contributed by atoms with Crippen LogP contribution in [-0.4, -0.2) is 30.9 Å². The smallest absolute Gasteiger partial charge is 0.220 e. The summed E-state index contributed by atoms with van der Waals surface area (Å²) in [5.74, 6) is 0.569. The monoisotopic (exact) mass is 283 g/mol. The summed E-state index contributed by atoms with van der Waals surface area (Å²) >= 11 is 0. The fraction of sp³-hybridized carbons (Fsp3) is 0.867. The Balaban J connectivity index is 2.23. The van der Waals surface area contributed by atoms with Crippen LogP contribution in [0.3, 0.4) is 0 Å². The van der Waals surface area contributed by atoms with Gasteiger partial charge in [-0.1, -0.05) is 19.3 Å². The summed E-state index contributed by atoms with van der Waals surface area (Å²) in [7, 11) is 0. The fourth-order valence-electron chi connectivity index (χ4n) is 2.88. The first kappa shape index (κ1) is 17.0. The second kappa shape index (κ2) is 9.75. The van der Waals surface area contributed by atoms with Gasteiger partial charge >= 0.3 is 0 Å². The third-order valence-electron chi connectivity index (χ3n) is 4.00. The van der Waals surface area contributed by atoms with Gasteiger partial charge < -0.3 is 16.4 Å². The summed E-state index contributed by atoms with van der Waals surface area (Å²) < 4.78 is 0. The maximum Gasteiger partial charge on any atom is 0.220 e. The molecule has 5 heteroatoms. The van der Waals surface area contributed by atoms with E-state index in [-0.39, 0.29) is 17.9 Å². The zero-order valence-corrected chi connectivity index (χ0v) is 12.6. The largest absolute Gasteiger partial charge is 0.356 e. The second-order valence-electron chi connectivity index (χ2n) is 5.61. The Bertz CT molecular complexity index is 301. The number of hydrogen-bond donors (Lipinski definition) is 3. The molecule has 0 saturated heterocycles. The maximum atomic E-state index is 11.9. The lowest BCUT2D eigenvalue weighted by atomic mass is 9.84. The molecule has 2 amide bonds. The molecule has 116 valence electrons. The molecule has 4 N–H and O–H groups in total. The van der Waals surface area contributed by atoms with Gasteiger partial charge in [0.15, 0.2) is 0 Å². The summed E-state index contributed by atoms with van der Waals surface area (Å²) in [6.45, 7) is 3.04. The van der Waals surface area contributed by atoms with E-state index < -0.39 is 0 Å². The summed E-state index contributed by atoms with van der Waals surface area (Å²) in [5.41, 5.74) is 5.79. The van der Waals surface area contributed by atoms with Crippen molar-refractivity contribution in [2.24, 2.45) is 11.7 Å². The van der Waals surface area contributed by atoms with E-state index >= 15 is 0 Å². The zero-order chi connectivity index (χ0) is 14.8. The molecule has 5 nitrogen and oxygen atoms in total. The molecular formula is C15H29N3O2. The van der Waals surface area contributed by atoms with Gasteiger partial charge in [0.05, 0.1) is 0 Å². The number of hydrogen-bond acceptors (Lipinski definition) is 3. The minimum Gasteiger partial charge on any atom is -0.356 e. The first-order valence-corrected chi connectivity index (χ1v) is 7.93. The molecule has 1 rings (SSSR count). The molecule has 20 heavy (non-hydrogen) atoms. The Morgan fingerprint density at radius 1 is 1.15 bits per heavy atom. The van der Waals surface area contributed by atoms with Gasteiger partial charge in [-0.3, -0.25) is 9.59 Å². The molecule has 0 bridgehead atoms. The van der Waals surface area contributed by atoms with E-state index in [2.05, 4.69) is 10.6 Å². The van der Waals surface area contributed by atoms with Crippen molar-refractivity contribution in [3.8, 4) is 0 Å². The van der Waals surface area contributed by atoms with Gasteiger partial charge in [0.2, 0.25) is 11.8 Å². The maximum absolute atomic E-state index is 11.9. The van der Waals surface area contributed by atoms with Crippen LogP contribution in [0.5, 0.6) is 0 Å². The van der Waals surface area contributed by atoms with Crippen molar-refractivity contribution in [3.63, 3.8) is 0 Å². The van der Waals surface area contributed by atoms with E-state index in [9.17, 15) is 9.59 Å². The molecule has 1 aliphatic carbocycles. The summed E-state index contributed by atoms with van der Waals surface area (Å²) in [6, 6.07) is 0.104. The third kappa shape index (κ3) is 6.37. The molecule has 0 heterocycles. The van der Waals surface area contributed by atoms with Crippen LogP contribution >= 0.6 is 0 Å². The van der Waals surface area contributed by atoms with Crippen molar-refractivity contribution in [2.45, 2.75) is 64.3 Å². The molecule has 0 aliphatic heterocycles. The first-order valence-electron chi connectivity index (χ1n) is 7.93. The van der Waals surface area contributed by atoms with Gasteiger partial charge in [-0.25, -0.2) is 0 Å². The van der Waals surface area contributed by atoms with Gasteiger partial charge in [0, 0.05) is 32.0 Å². The number of nitrogens with two attached hydrogens (primary N) is 1. The van der Waals surface area contributed by atoms with Crippen LogP contribution in [0.4, 0.5) is 0 Å². The van der Waals surface area contributed by atoms with Crippen molar-refractivity contribution in [2.75, 3.05) is 13.1 Å². The number of carbonyl (C=O) groups excluding carboxylic acids is 2. The molecule has 1 fully saturated rings. The Labute approximate surface area is 122 Å². The van der Waals surface area contributed by atoms with E-state index in [4.69, 9.17) is 5.73 Å². The molecule has 0 aromatic heterocycles. The van der Waals surface area contributed by atoms with Crippen LogP contribution in [0.2, 0.25) is 0 Å². The van der Waals surface area contributed by atoms with Crippen LogP contribution in [0.25, 0.3) is 0 Å². The van der Waals surface area contributed by atoms with E-state index in [1.165, 1.54) is 32.1 Å². The fourth-order valence-corrected chi connectivity index (χ4v) is 2.88. The van der Waals surface area contributed by atoms with Crippen molar-refractivity contribution >= 4 is 11.8 Å². The van der Waals surface area contributed by atoms with Crippen molar-refractivity contribution in [1.82, 2.24) is 10.6 Å². The predicted molar refractivity (Wildman–Crippen MR) is 80.1 cm³/mol. The van der Waals surface area contributed by atoms with Crippen molar-refractivity contribution < 1.29 is 9.59 Å². The Morgan fingerprint density at radius 2 is 1.80 bits per heavy atom.